The van der Waals surface area contributed by atoms with Gasteiger partial charge in [-0.3, -0.25) is 4.79 Å². The summed E-state index contributed by atoms with van der Waals surface area (Å²) < 4.78 is 11.5. The van der Waals surface area contributed by atoms with Gasteiger partial charge >= 0.3 is 5.97 Å². The summed E-state index contributed by atoms with van der Waals surface area (Å²) in [4.78, 5) is 10.7. The number of ether oxygens (including phenoxy) is 2. The molecule has 0 unspecified atom stereocenters. The molecule has 0 heterocycles. The Balaban J connectivity index is 2.03. The summed E-state index contributed by atoms with van der Waals surface area (Å²) in [5, 5.41) is 0. The molecular formula is C17H17IO3. The normalized spacial score (nSPS) is 10.2. The fraction of sp³-hybridized carbons (Fsp3) is 0.235. The van der Waals surface area contributed by atoms with Crippen molar-refractivity contribution in [3.05, 3.63) is 51.6 Å². The molecule has 0 aliphatic carbocycles. The smallest absolute Gasteiger partial charge is 0.302 e. The highest BCUT2D eigenvalue weighted by Gasteiger charge is 2.05. The zero-order chi connectivity index (χ0) is 15.2. The van der Waals surface area contributed by atoms with Crippen LogP contribution in [0.3, 0.4) is 0 Å². The minimum absolute atomic E-state index is 0.269. The summed E-state index contributed by atoms with van der Waals surface area (Å²) in [5.41, 5.74) is 3.59. The highest BCUT2D eigenvalue weighted by molar-refractivity contribution is 14.1. The Morgan fingerprint density at radius 2 is 1.71 bits per heavy atom. The van der Waals surface area contributed by atoms with Crippen molar-refractivity contribution in [3.8, 4) is 16.9 Å². The molecule has 0 aliphatic heterocycles. The fourth-order valence-electron chi connectivity index (χ4n) is 1.88. The van der Waals surface area contributed by atoms with Crippen molar-refractivity contribution in [1.82, 2.24) is 0 Å². The number of rotatable bonds is 5. The van der Waals surface area contributed by atoms with Crippen LogP contribution in [0.5, 0.6) is 5.75 Å². The standard InChI is InChI=1S/C17H17IO3/c1-12-3-5-14(6-4-12)15-7-8-17(16(18)11-15)21-10-9-20-13(2)19/h3-8,11H,9-10H2,1-2H3. The van der Waals surface area contributed by atoms with E-state index in [0.29, 0.717) is 6.61 Å². The van der Waals surface area contributed by atoms with E-state index in [9.17, 15) is 4.79 Å². The van der Waals surface area contributed by atoms with Crippen molar-refractivity contribution in [2.45, 2.75) is 13.8 Å². The van der Waals surface area contributed by atoms with Gasteiger partial charge < -0.3 is 9.47 Å². The molecule has 0 amide bonds. The molecule has 0 saturated heterocycles. The Labute approximate surface area is 138 Å². The van der Waals surface area contributed by atoms with Crippen molar-refractivity contribution in [1.29, 1.82) is 0 Å². The minimum atomic E-state index is -0.289. The van der Waals surface area contributed by atoms with Crippen LogP contribution in [0, 0.1) is 10.5 Å². The molecule has 0 radical (unpaired) electrons. The van der Waals surface area contributed by atoms with E-state index in [1.165, 1.54) is 18.1 Å². The lowest BCUT2D eigenvalue weighted by Gasteiger charge is -2.10. The first-order chi connectivity index (χ1) is 10.1. The first-order valence-corrected chi connectivity index (χ1v) is 7.77. The van der Waals surface area contributed by atoms with Gasteiger partial charge in [0.15, 0.2) is 0 Å². The number of carbonyl (C=O) groups excluding carboxylic acids is 1. The van der Waals surface area contributed by atoms with Crippen molar-refractivity contribution in [2.75, 3.05) is 13.2 Å². The molecule has 2 aromatic rings. The largest absolute Gasteiger partial charge is 0.489 e. The zero-order valence-corrected chi connectivity index (χ0v) is 14.2. The molecule has 4 heteroatoms. The van der Waals surface area contributed by atoms with E-state index in [1.807, 2.05) is 12.1 Å². The third-order valence-electron chi connectivity index (χ3n) is 2.96. The van der Waals surface area contributed by atoms with E-state index < -0.39 is 0 Å². The fourth-order valence-corrected chi connectivity index (χ4v) is 2.55. The Morgan fingerprint density at radius 1 is 1.05 bits per heavy atom. The van der Waals surface area contributed by atoms with Gasteiger partial charge in [0.25, 0.3) is 0 Å². The second kappa shape index (κ2) is 7.45. The highest BCUT2D eigenvalue weighted by Crippen LogP contribution is 2.28. The number of esters is 1. The van der Waals surface area contributed by atoms with E-state index in [1.54, 1.807) is 0 Å². The first kappa shape index (κ1) is 15.8. The molecule has 0 fully saturated rings. The van der Waals surface area contributed by atoms with E-state index in [0.717, 1.165) is 14.9 Å². The van der Waals surface area contributed by atoms with Gasteiger partial charge in [-0.2, -0.15) is 0 Å². The van der Waals surface area contributed by atoms with Crippen molar-refractivity contribution in [3.63, 3.8) is 0 Å². The van der Waals surface area contributed by atoms with Gasteiger partial charge in [-0.1, -0.05) is 35.9 Å². The Hall–Kier alpha value is -1.56. The van der Waals surface area contributed by atoms with Gasteiger partial charge in [0.1, 0.15) is 19.0 Å². The van der Waals surface area contributed by atoms with E-state index in [2.05, 4.69) is 59.8 Å². The van der Waals surface area contributed by atoms with Crippen LogP contribution in [-0.4, -0.2) is 19.2 Å². The summed E-state index contributed by atoms with van der Waals surface area (Å²) in [6.45, 7) is 4.10. The van der Waals surface area contributed by atoms with Crippen molar-refractivity contribution < 1.29 is 14.3 Å². The molecule has 0 saturated carbocycles. The van der Waals surface area contributed by atoms with E-state index >= 15 is 0 Å². The number of hydrogen-bond acceptors (Lipinski definition) is 3. The van der Waals surface area contributed by atoms with Crippen molar-refractivity contribution >= 4 is 28.6 Å². The van der Waals surface area contributed by atoms with Crippen LogP contribution >= 0.6 is 22.6 Å². The molecular weight excluding hydrogens is 379 g/mol. The second-order valence-electron chi connectivity index (χ2n) is 4.70. The maximum Gasteiger partial charge on any atom is 0.302 e. The molecule has 0 spiro atoms. The lowest BCUT2D eigenvalue weighted by Crippen LogP contribution is -2.10. The molecule has 2 aromatic carbocycles. The topological polar surface area (TPSA) is 35.5 Å². The average molecular weight is 396 g/mol. The molecule has 2 rings (SSSR count). The van der Waals surface area contributed by atoms with E-state index in [4.69, 9.17) is 9.47 Å². The van der Waals surface area contributed by atoms with Gasteiger partial charge in [0, 0.05) is 6.92 Å². The van der Waals surface area contributed by atoms with Gasteiger partial charge in [-0.25, -0.2) is 0 Å². The third-order valence-corrected chi connectivity index (χ3v) is 3.81. The summed E-state index contributed by atoms with van der Waals surface area (Å²) in [6.07, 6.45) is 0. The van der Waals surface area contributed by atoms with Gasteiger partial charge in [-0.05, 0) is 52.8 Å². The molecule has 0 aliphatic rings. The summed E-state index contributed by atoms with van der Waals surface area (Å²) >= 11 is 2.25. The predicted molar refractivity (Wildman–Crippen MR) is 91.5 cm³/mol. The second-order valence-corrected chi connectivity index (χ2v) is 5.86. The summed E-state index contributed by atoms with van der Waals surface area (Å²) in [7, 11) is 0. The number of halogens is 1. The maximum absolute atomic E-state index is 10.7. The predicted octanol–water partition coefficient (Wildman–Crippen LogP) is 4.21. The Bertz CT molecular complexity index is 620. The van der Waals surface area contributed by atoms with Crippen LogP contribution < -0.4 is 4.74 Å². The van der Waals surface area contributed by atoms with E-state index in [-0.39, 0.29) is 12.6 Å². The lowest BCUT2D eigenvalue weighted by atomic mass is 10.0. The summed E-state index contributed by atoms with van der Waals surface area (Å²) in [6, 6.07) is 14.5. The highest BCUT2D eigenvalue weighted by atomic mass is 127. The number of carbonyl (C=O) groups is 1. The van der Waals surface area contributed by atoms with Crippen LogP contribution in [0.1, 0.15) is 12.5 Å². The van der Waals surface area contributed by atoms with Crippen molar-refractivity contribution in [2.24, 2.45) is 0 Å². The van der Waals surface area contributed by atoms with Gasteiger partial charge in [0.05, 0.1) is 3.57 Å². The summed E-state index contributed by atoms with van der Waals surface area (Å²) in [5.74, 6) is 0.515. The molecule has 0 bridgehead atoms. The Kier molecular flexibility index (Phi) is 5.61. The quantitative estimate of drug-likeness (QED) is 0.432. The van der Waals surface area contributed by atoms with Crippen LogP contribution in [-0.2, 0) is 9.53 Å². The third kappa shape index (κ3) is 4.74. The maximum atomic E-state index is 10.7. The van der Waals surface area contributed by atoms with Gasteiger partial charge in [0.2, 0.25) is 0 Å². The van der Waals surface area contributed by atoms with Crippen LogP contribution in [0.25, 0.3) is 11.1 Å². The average Bonchev–Trinajstić information content (AvgIpc) is 2.45. The van der Waals surface area contributed by atoms with Crippen LogP contribution in [0.4, 0.5) is 0 Å². The lowest BCUT2D eigenvalue weighted by molar-refractivity contribution is -0.141. The molecule has 0 atom stereocenters. The minimum Gasteiger partial charge on any atom is -0.489 e. The van der Waals surface area contributed by atoms with Crippen LogP contribution in [0.15, 0.2) is 42.5 Å². The molecule has 110 valence electrons. The molecule has 0 N–H and O–H groups in total. The molecule has 0 aromatic heterocycles. The number of benzene rings is 2. The monoisotopic (exact) mass is 396 g/mol. The molecule has 3 nitrogen and oxygen atoms in total. The van der Waals surface area contributed by atoms with Gasteiger partial charge in [-0.15, -0.1) is 0 Å². The number of hydrogen-bond donors (Lipinski definition) is 0. The SMILES string of the molecule is CC(=O)OCCOc1ccc(-c2ccc(C)cc2)cc1I. The Morgan fingerprint density at radius 3 is 2.33 bits per heavy atom. The first-order valence-electron chi connectivity index (χ1n) is 6.69. The van der Waals surface area contributed by atoms with Crippen LogP contribution in [0.2, 0.25) is 0 Å². The zero-order valence-electron chi connectivity index (χ0n) is 12.1. The molecule has 21 heavy (non-hydrogen) atoms. The number of aryl methyl sites for hydroxylation is 1.